The number of aryl methyl sites for hydroxylation is 1. The Hall–Kier alpha value is -1.22. The van der Waals surface area contributed by atoms with Crippen LogP contribution in [0.2, 0.25) is 5.02 Å². The highest BCUT2D eigenvalue weighted by molar-refractivity contribution is 6.33. The van der Waals surface area contributed by atoms with Crippen LogP contribution in [0.15, 0.2) is 18.2 Å². The van der Waals surface area contributed by atoms with Gasteiger partial charge in [-0.2, -0.15) is 0 Å². The third-order valence-corrected chi connectivity index (χ3v) is 3.78. The van der Waals surface area contributed by atoms with Crippen molar-refractivity contribution in [1.82, 2.24) is 0 Å². The Morgan fingerprint density at radius 1 is 1.59 bits per heavy atom. The SMILES string of the molecule is CCC1(C(=O)OC)CCc2cccc(Cl)c2N1. The van der Waals surface area contributed by atoms with E-state index in [-0.39, 0.29) is 5.97 Å². The van der Waals surface area contributed by atoms with Crippen molar-refractivity contribution in [3.05, 3.63) is 28.8 Å². The second-order valence-electron chi connectivity index (χ2n) is 4.33. The molecule has 2 rings (SSSR count). The molecule has 1 aliphatic heterocycles. The molecule has 0 aromatic heterocycles. The van der Waals surface area contributed by atoms with Crippen LogP contribution in [0.4, 0.5) is 5.69 Å². The van der Waals surface area contributed by atoms with Gasteiger partial charge in [0.15, 0.2) is 0 Å². The normalized spacial score (nSPS) is 22.5. The predicted molar refractivity (Wildman–Crippen MR) is 68.4 cm³/mol. The van der Waals surface area contributed by atoms with E-state index in [2.05, 4.69) is 5.32 Å². The number of para-hydroxylation sites is 1. The molecular weight excluding hydrogens is 238 g/mol. The molecule has 0 saturated carbocycles. The summed E-state index contributed by atoms with van der Waals surface area (Å²) in [7, 11) is 1.42. The molecular formula is C13H16ClNO2. The van der Waals surface area contributed by atoms with Crippen LogP contribution in [0.1, 0.15) is 25.3 Å². The van der Waals surface area contributed by atoms with E-state index in [1.54, 1.807) is 0 Å². The first kappa shape index (κ1) is 12.2. The molecule has 4 heteroatoms. The number of fused-ring (bicyclic) bond motifs is 1. The van der Waals surface area contributed by atoms with Gasteiger partial charge in [-0.25, -0.2) is 4.79 Å². The van der Waals surface area contributed by atoms with Crippen LogP contribution >= 0.6 is 11.6 Å². The Balaban J connectivity index is 2.39. The van der Waals surface area contributed by atoms with Gasteiger partial charge in [0.1, 0.15) is 5.54 Å². The van der Waals surface area contributed by atoms with E-state index in [9.17, 15) is 4.79 Å². The first-order valence-electron chi connectivity index (χ1n) is 5.77. The Bertz CT molecular complexity index is 447. The van der Waals surface area contributed by atoms with Crippen molar-refractivity contribution in [2.75, 3.05) is 12.4 Å². The lowest BCUT2D eigenvalue weighted by Crippen LogP contribution is -2.49. The highest BCUT2D eigenvalue weighted by Crippen LogP contribution is 2.37. The summed E-state index contributed by atoms with van der Waals surface area (Å²) in [5.74, 6) is -0.217. The molecule has 1 heterocycles. The molecule has 0 saturated heterocycles. The van der Waals surface area contributed by atoms with E-state index in [0.717, 1.165) is 24.1 Å². The van der Waals surface area contributed by atoms with E-state index in [4.69, 9.17) is 16.3 Å². The Kier molecular flexibility index (Phi) is 3.29. The van der Waals surface area contributed by atoms with E-state index in [0.29, 0.717) is 11.4 Å². The first-order chi connectivity index (χ1) is 8.13. The zero-order chi connectivity index (χ0) is 12.5. The van der Waals surface area contributed by atoms with Gasteiger partial charge in [-0.1, -0.05) is 30.7 Å². The molecule has 1 aromatic carbocycles. The average Bonchev–Trinajstić information content (AvgIpc) is 2.38. The number of hydrogen-bond donors (Lipinski definition) is 1. The molecule has 0 fully saturated rings. The lowest BCUT2D eigenvalue weighted by molar-refractivity contribution is -0.146. The zero-order valence-electron chi connectivity index (χ0n) is 10.0. The monoisotopic (exact) mass is 253 g/mol. The summed E-state index contributed by atoms with van der Waals surface area (Å²) in [6.45, 7) is 1.98. The molecule has 92 valence electrons. The molecule has 3 nitrogen and oxygen atoms in total. The summed E-state index contributed by atoms with van der Waals surface area (Å²) in [6, 6.07) is 5.79. The van der Waals surface area contributed by atoms with Crippen molar-refractivity contribution in [3.63, 3.8) is 0 Å². The predicted octanol–water partition coefficient (Wildman–Crippen LogP) is 3.02. The third-order valence-electron chi connectivity index (χ3n) is 3.46. The number of esters is 1. The third kappa shape index (κ3) is 2.00. The van der Waals surface area contributed by atoms with Gasteiger partial charge in [-0.05, 0) is 30.9 Å². The maximum Gasteiger partial charge on any atom is 0.331 e. The van der Waals surface area contributed by atoms with Crippen molar-refractivity contribution < 1.29 is 9.53 Å². The fourth-order valence-electron chi connectivity index (χ4n) is 2.32. The number of methoxy groups -OCH3 is 1. The van der Waals surface area contributed by atoms with Gasteiger partial charge in [-0.3, -0.25) is 0 Å². The smallest absolute Gasteiger partial charge is 0.331 e. The fourth-order valence-corrected chi connectivity index (χ4v) is 2.57. The van der Waals surface area contributed by atoms with Crippen LogP contribution in [0.5, 0.6) is 0 Å². The maximum atomic E-state index is 11.9. The molecule has 0 radical (unpaired) electrons. The van der Waals surface area contributed by atoms with E-state index >= 15 is 0 Å². The van der Waals surface area contributed by atoms with Crippen LogP contribution in [-0.2, 0) is 16.0 Å². The number of benzene rings is 1. The van der Waals surface area contributed by atoms with Gasteiger partial charge in [0.25, 0.3) is 0 Å². The van der Waals surface area contributed by atoms with Gasteiger partial charge in [-0.15, -0.1) is 0 Å². The number of carbonyl (C=O) groups excluding carboxylic acids is 1. The zero-order valence-corrected chi connectivity index (χ0v) is 10.8. The number of ether oxygens (including phenoxy) is 1. The number of halogens is 1. The summed E-state index contributed by atoms with van der Waals surface area (Å²) in [6.07, 6.45) is 2.26. The number of nitrogens with one attached hydrogen (secondary N) is 1. The molecule has 1 atom stereocenters. The average molecular weight is 254 g/mol. The molecule has 0 bridgehead atoms. The van der Waals surface area contributed by atoms with Gasteiger partial charge in [0, 0.05) is 0 Å². The van der Waals surface area contributed by atoms with Crippen LogP contribution < -0.4 is 5.32 Å². The molecule has 1 aromatic rings. The minimum atomic E-state index is -0.632. The summed E-state index contributed by atoms with van der Waals surface area (Å²) >= 11 is 6.16. The van der Waals surface area contributed by atoms with Crippen molar-refractivity contribution >= 4 is 23.3 Å². The van der Waals surface area contributed by atoms with Crippen LogP contribution in [0, 0.1) is 0 Å². The lowest BCUT2D eigenvalue weighted by atomic mass is 9.84. The number of rotatable bonds is 2. The molecule has 0 spiro atoms. The molecule has 1 N–H and O–H groups in total. The van der Waals surface area contributed by atoms with Crippen LogP contribution in [-0.4, -0.2) is 18.6 Å². The van der Waals surface area contributed by atoms with Crippen LogP contribution in [0.25, 0.3) is 0 Å². The van der Waals surface area contributed by atoms with Crippen molar-refractivity contribution in [2.24, 2.45) is 0 Å². The second-order valence-corrected chi connectivity index (χ2v) is 4.73. The quantitative estimate of drug-likeness (QED) is 0.824. The Labute approximate surface area is 106 Å². The number of carbonyl (C=O) groups is 1. The summed E-state index contributed by atoms with van der Waals surface area (Å²) in [5, 5.41) is 3.93. The standard InChI is InChI=1S/C13H16ClNO2/c1-3-13(12(16)17-2)8-7-9-5-4-6-10(14)11(9)15-13/h4-6,15H,3,7-8H2,1-2H3. The molecule has 0 amide bonds. The minimum Gasteiger partial charge on any atom is -0.467 e. The summed E-state index contributed by atoms with van der Waals surface area (Å²) in [5.41, 5.74) is 1.39. The van der Waals surface area contributed by atoms with Gasteiger partial charge in [0.05, 0.1) is 17.8 Å². The fraction of sp³-hybridized carbons (Fsp3) is 0.462. The highest BCUT2D eigenvalue weighted by atomic mass is 35.5. The molecule has 17 heavy (non-hydrogen) atoms. The van der Waals surface area contributed by atoms with Gasteiger partial charge >= 0.3 is 5.97 Å². The van der Waals surface area contributed by atoms with Crippen LogP contribution in [0.3, 0.4) is 0 Å². The highest BCUT2D eigenvalue weighted by Gasteiger charge is 2.41. The van der Waals surface area contributed by atoms with Crippen molar-refractivity contribution in [1.29, 1.82) is 0 Å². The Morgan fingerprint density at radius 2 is 2.35 bits per heavy atom. The van der Waals surface area contributed by atoms with Crippen molar-refractivity contribution in [2.45, 2.75) is 31.7 Å². The van der Waals surface area contributed by atoms with Gasteiger partial charge in [0.2, 0.25) is 0 Å². The largest absolute Gasteiger partial charge is 0.467 e. The van der Waals surface area contributed by atoms with Gasteiger partial charge < -0.3 is 10.1 Å². The van der Waals surface area contributed by atoms with Crippen molar-refractivity contribution in [3.8, 4) is 0 Å². The van der Waals surface area contributed by atoms with E-state index in [1.165, 1.54) is 7.11 Å². The minimum absolute atomic E-state index is 0.217. The summed E-state index contributed by atoms with van der Waals surface area (Å²) < 4.78 is 4.89. The van der Waals surface area contributed by atoms with E-state index < -0.39 is 5.54 Å². The topological polar surface area (TPSA) is 38.3 Å². The number of anilines is 1. The molecule has 1 aliphatic rings. The number of hydrogen-bond acceptors (Lipinski definition) is 3. The van der Waals surface area contributed by atoms with E-state index in [1.807, 2.05) is 25.1 Å². The second kappa shape index (κ2) is 4.57. The lowest BCUT2D eigenvalue weighted by Gasteiger charge is -2.37. The molecule has 0 aliphatic carbocycles. The maximum absolute atomic E-state index is 11.9. The summed E-state index contributed by atoms with van der Waals surface area (Å²) in [4.78, 5) is 11.9. The first-order valence-corrected chi connectivity index (χ1v) is 6.15. The molecule has 1 unspecified atom stereocenters. The Morgan fingerprint density at radius 3 is 3.00 bits per heavy atom.